The monoisotopic (exact) mass is 462 g/mol. The van der Waals surface area contributed by atoms with Crippen LogP contribution >= 0.6 is 11.6 Å². The van der Waals surface area contributed by atoms with Crippen molar-refractivity contribution in [2.75, 3.05) is 26.1 Å². The van der Waals surface area contributed by atoms with Crippen LogP contribution in [0.5, 0.6) is 11.5 Å². The van der Waals surface area contributed by atoms with Crippen LogP contribution in [0.15, 0.2) is 60.7 Å². The normalized spacial score (nSPS) is 18.6. The largest absolute Gasteiger partial charge is 0.495 e. The first-order valence-corrected chi connectivity index (χ1v) is 11.1. The van der Waals surface area contributed by atoms with Gasteiger partial charge in [0, 0.05) is 18.2 Å². The van der Waals surface area contributed by atoms with E-state index >= 15 is 0 Å². The zero-order valence-corrected chi connectivity index (χ0v) is 19.1. The van der Waals surface area contributed by atoms with Crippen molar-refractivity contribution in [2.45, 2.75) is 18.4 Å². The van der Waals surface area contributed by atoms with Crippen LogP contribution in [0.1, 0.15) is 39.0 Å². The third-order valence-electron chi connectivity index (χ3n) is 6.45. The molecule has 2 aliphatic rings. The molecule has 2 amide bonds. The number of halogens is 1. The third-order valence-corrected chi connectivity index (χ3v) is 6.74. The number of benzene rings is 3. The Hall–Kier alpha value is -3.51. The Morgan fingerprint density at radius 3 is 2.45 bits per heavy atom. The summed E-state index contributed by atoms with van der Waals surface area (Å²) in [6, 6.07) is 18.2. The SMILES string of the molecule is COc1cc(OC)c(NC(=O)[C@@H]2c3ccccc3C(=O)N3CCc4ccccc4[C@@H]23)cc1Cl. The highest BCUT2D eigenvalue weighted by Gasteiger charge is 2.46. The molecule has 0 bridgehead atoms. The van der Waals surface area contributed by atoms with Crippen molar-refractivity contribution in [2.24, 2.45) is 0 Å². The molecular formula is C26H23ClN2O4. The average Bonchev–Trinajstić information content (AvgIpc) is 2.84. The maximum atomic E-state index is 13.9. The van der Waals surface area contributed by atoms with Crippen LogP contribution in [-0.2, 0) is 11.2 Å². The minimum atomic E-state index is -0.592. The molecule has 3 aromatic carbocycles. The van der Waals surface area contributed by atoms with E-state index in [1.807, 2.05) is 41.3 Å². The minimum absolute atomic E-state index is 0.0424. The number of carbonyl (C=O) groups excluding carboxylic acids is 2. The first kappa shape index (κ1) is 21.3. The van der Waals surface area contributed by atoms with Crippen molar-refractivity contribution >= 4 is 29.1 Å². The van der Waals surface area contributed by atoms with Crippen molar-refractivity contribution in [3.63, 3.8) is 0 Å². The molecule has 0 saturated heterocycles. The van der Waals surface area contributed by atoms with Gasteiger partial charge in [0.2, 0.25) is 5.91 Å². The second kappa shape index (κ2) is 8.45. The fourth-order valence-electron chi connectivity index (χ4n) is 4.93. The molecule has 2 aliphatic heterocycles. The molecule has 5 rings (SSSR count). The van der Waals surface area contributed by atoms with Crippen LogP contribution < -0.4 is 14.8 Å². The van der Waals surface area contributed by atoms with E-state index < -0.39 is 12.0 Å². The molecule has 1 N–H and O–H groups in total. The summed E-state index contributed by atoms with van der Waals surface area (Å²) in [5, 5.41) is 3.36. The van der Waals surface area contributed by atoms with Crippen molar-refractivity contribution in [1.82, 2.24) is 4.90 Å². The molecule has 0 unspecified atom stereocenters. The van der Waals surface area contributed by atoms with Gasteiger partial charge in [-0.3, -0.25) is 9.59 Å². The van der Waals surface area contributed by atoms with Crippen LogP contribution in [0.3, 0.4) is 0 Å². The second-order valence-electron chi connectivity index (χ2n) is 8.13. The molecule has 0 spiro atoms. The fourth-order valence-corrected chi connectivity index (χ4v) is 5.17. The highest BCUT2D eigenvalue weighted by Crippen LogP contribution is 2.47. The summed E-state index contributed by atoms with van der Waals surface area (Å²) in [5.74, 6) is 0.0181. The number of fused-ring (bicyclic) bond motifs is 4. The predicted molar refractivity (Wildman–Crippen MR) is 126 cm³/mol. The molecule has 0 aliphatic carbocycles. The lowest BCUT2D eigenvalue weighted by Gasteiger charge is -2.45. The summed E-state index contributed by atoms with van der Waals surface area (Å²) >= 11 is 6.32. The zero-order chi connectivity index (χ0) is 23.1. The molecule has 3 aromatic rings. The van der Waals surface area contributed by atoms with Crippen LogP contribution in [0, 0.1) is 0 Å². The Morgan fingerprint density at radius 2 is 1.70 bits per heavy atom. The number of rotatable bonds is 4. The maximum absolute atomic E-state index is 13.9. The van der Waals surface area contributed by atoms with Gasteiger partial charge in [-0.15, -0.1) is 0 Å². The fraction of sp³-hybridized carbons (Fsp3) is 0.231. The second-order valence-corrected chi connectivity index (χ2v) is 8.54. The number of anilines is 1. The van der Waals surface area contributed by atoms with Gasteiger partial charge >= 0.3 is 0 Å². The summed E-state index contributed by atoms with van der Waals surface area (Å²) in [6.45, 7) is 0.566. The van der Waals surface area contributed by atoms with Gasteiger partial charge in [0.1, 0.15) is 11.5 Å². The smallest absolute Gasteiger partial charge is 0.254 e. The number of nitrogens with one attached hydrogen (secondary N) is 1. The van der Waals surface area contributed by atoms with E-state index in [0.717, 1.165) is 23.1 Å². The highest BCUT2D eigenvalue weighted by molar-refractivity contribution is 6.32. The Kier molecular flexibility index (Phi) is 5.46. The molecule has 2 atom stereocenters. The molecule has 33 heavy (non-hydrogen) atoms. The summed E-state index contributed by atoms with van der Waals surface area (Å²) < 4.78 is 10.7. The summed E-state index contributed by atoms with van der Waals surface area (Å²) in [7, 11) is 3.04. The molecule has 0 saturated carbocycles. The van der Waals surface area contributed by atoms with E-state index in [0.29, 0.717) is 34.3 Å². The van der Waals surface area contributed by atoms with E-state index in [1.165, 1.54) is 14.2 Å². The number of methoxy groups -OCH3 is 2. The van der Waals surface area contributed by atoms with Crippen LogP contribution in [0.25, 0.3) is 0 Å². The Bertz CT molecular complexity index is 1260. The number of ether oxygens (including phenoxy) is 2. The summed E-state index contributed by atoms with van der Waals surface area (Å²) in [5.41, 5.74) is 3.89. The quantitative estimate of drug-likeness (QED) is 0.602. The van der Waals surface area contributed by atoms with Gasteiger partial charge in [-0.25, -0.2) is 0 Å². The van der Waals surface area contributed by atoms with Crippen LogP contribution in [-0.4, -0.2) is 37.5 Å². The molecule has 0 aromatic heterocycles. The molecule has 2 heterocycles. The van der Waals surface area contributed by atoms with E-state index in [-0.39, 0.29) is 11.8 Å². The van der Waals surface area contributed by atoms with E-state index in [4.69, 9.17) is 21.1 Å². The van der Waals surface area contributed by atoms with Crippen LogP contribution in [0.2, 0.25) is 5.02 Å². The lowest BCUT2D eigenvalue weighted by atomic mass is 9.76. The maximum Gasteiger partial charge on any atom is 0.254 e. The Morgan fingerprint density at radius 1 is 1.00 bits per heavy atom. The van der Waals surface area contributed by atoms with Gasteiger partial charge in [0.25, 0.3) is 5.91 Å². The molecule has 168 valence electrons. The number of nitrogens with zero attached hydrogens (tertiary/aromatic N) is 1. The van der Waals surface area contributed by atoms with E-state index in [9.17, 15) is 9.59 Å². The van der Waals surface area contributed by atoms with Crippen LogP contribution in [0.4, 0.5) is 5.69 Å². The predicted octanol–water partition coefficient (Wildman–Crippen LogP) is 4.83. The lowest BCUT2D eigenvalue weighted by molar-refractivity contribution is -0.119. The Balaban J connectivity index is 1.61. The van der Waals surface area contributed by atoms with Gasteiger partial charge in [0.05, 0.1) is 36.9 Å². The molecule has 0 fully saturated rings. The molecule has 7 heteroatoms. The first-order chi connectivity index (χ1) is 16.0. The highest BCUT2D eigenvalue weighted by atomic mass is 35.5. The van der Waals surface area contributed by atoms with Gasteiger partial charge < -0.3 is 19.7 Å². The average molecular weight is 463 g/mol. The van der Waals surface area contributed by atoms with E-state index in [2.05, 4.69) is 11.4 Å². The molecule has 6 nitrogen and oxygen atoms in total. The number of amides is 2. The molecular weight excluding hydrogens is 440 g/mol. The van der Waals surface area contributed by atoms with Gasteiger partial charge in [-0.1, -0.05) is 54.1 Å². The van der Waals surface area contributed by atoms with Crippen molar-refractivity contribution in [3.8, 4) is 11.5 Å². The lowest BCUT2D eigenvalue weighted by Crippen LogP contribution is -2.49. The summed E-state index contributed by atoms with van der Waals surface area (Å²) in [6.07, 6.45) is 0.761. The van der Waals surface area contributed by atoms with E-state index in [1.54, 1.807) is 18.2 Å². The van der Waals surface area contributed by atoms with Crippen molar-refractivity contribution in [3.05, 3.63) is 87.9 Å². The third kappa shape index (κ3) is 3.51. The number of hydrogen-bond donors (Lipinski definition) is 1. The van der Waals surface area contributed by atoms with Gasteiger partial charge in [-0.2, -0.15) is 0 Å². The Labute approximate surface area is 197 Å². The standard InChI is InChI=1S/C26H23ClN2O4/c1-32-21-14-22(33-2)20(13-19(21)27)28-25(30)23-17-9-5-6-10-18(17)26(31)29-12-11-15-7-3-4-8-16(15)24(23)29/h3-10,13-14,23-24H,11-12H2,1-2H3,(H,28,30)/t23-,24+/m1/s1. The first-order valence-electron chi connectivity index (χ1n) is 10.7. The molecule has 0 radical (unpaired) electrons. The van der Waals surface area contributed by atoms with Gasteiger partial charge in [-0.05, 0) is 35.2 Å². The van der Waals surface area contributed by atoms with Crippen molar-refractivity contribution in [1.29, 1.82) is 0 Å². The van der Waals surface area contributed by atoms with Crippen molar-refractivity contribution < 1.29 is 19.1 Å². The minimum Gasteiger partial charge on any atom is -0.495 e. The van der Waals surface area contributed by atoms with Gasteiger partial charge in [0.15, 0.2) is 0 Å². The zero-order valence-electron chi connectivity index (χ0n) is 18.3. The topological polar surface area (TPSA) is 67.9 Å². The number of hydrogen-bond acceptors (Lipinski definition) is 4. The summed E-state index contributed by atoms with van der Waals surface area (Å²) in [4.78, 5) is 29.0. The number of carbonyl (C=O) groups is 2.